The van der Waals surface area contributed by atoms with E-state index in [-0.39, 0.29) is 11.9 Å². The van der Waals surface area contributed by atoms with E-state index in [9.17, 15) is 4.79 Å². The van der Waals surface area contributed by atoms with Crippen LogP contribution in [-0.2, 0) is 0 Å². The Balaban J connectivity index is 1.88. The van der Waals surface area contributed by atoms with Crippen molar-refractivity contribution in [3.63, 3.8) is 0 Å². The zero-order chi connectivity index (χ0) is 15.0. The normalized spacial score (nSPS) is 20.6. The highest BCUT2D eigenvalue weighted by molar-refractivity contribution is 6.30. The van der Waals surface area contributed by atoms with Gasteiger partial charge in [0, 0.05) is 11.4 Å². The van der Waals surface area contributed by atoms with Crippen LogP contribution in [0.2, 0.25) is 5.15 Å². The summed E-state index contributed by atoms with van der Waals surface area (Å²) in [7, 11) is 0. The van der Waals surface area contributed by atoms with E-state index in [1.807, 2.05) is 24.3 Å². The molecule has 0 aliphatic heterocycles. The molecule has 0 bridgehead atoms. The van der Waals surface area contributed by atoms with Crippen molar-refractivity contribution in [1.82, 2.24) is 10.3 Å². The highest BCUT2D eigenvalue weighted by Crippen LogP contribution is 2.37. The molecule has 1 aromatic carbocycles. The van der Waals surface area contributed by atoms with E-state index in [1.54, 1.807) is 6.07 Å². The molecule has 110 valence electrons. The number of carbonyl (C=O) groups excluding carboxylic acids is 1. The molecule has 21 heavy (non-hydrogen) atoms. The van der Waals surface area contributed by atoms with Gasteiger partial charge in [-0.3, -0.25) is 4.79 Å². The average Bonchev–Trinajstić information content (AvgIpc) is 2.76. The first kappa shape index (κ1) is 14.3. The van der Waals surface area contributed by atoms with Gasteiger partial charge in [0.05, 0.1) is 11.1 Å². The van der Waals surface area contributed by atoms with Crippen molar-refractivity contribution in [3.8, 4) is 0 Å². The number of nitrogens with one attached hydrogen (secondary N) is 1. The topological polar surface area (TPSA) is 42.0 Å². The maximum Gasteiger partial charge on any atom is 0.252 e. The van der Waals surface area contributed by atoms with Crippen molar-refractivity contribution in [2.75, 3.05) is 0 Å². The van der Waals surface area contributed by atoms with Gasteiger partial charge < -0.3 is 5.32 Å². The highest BCUT2D eigenvalue weighted by atomic mass is 35.5. The number of benzene rings is 1. The molecule has 1 saturated carbocycles. The van der Waals surface area contributed by atoms with Gasteiger partial charge in [0.25, 0.3) is 5.91 Å². The third kappa shape index (κ3) is 3.03. The first-order valence-electron chi connectivity index (χ1n) is 7.31. The molecule has 4 heteroatoms. The summed E-state index contributed by atoms with van der Waals surface area (Å²) in [5.41, 5.74) is 1.67. The number of fused-ring (bicyclic) bond motifs is 1. The zero-order valence-electron chi connectivity index (χ0n) is 12.3. The molecular weight excluding hydrogens is 284 g/mol. The lowest BCUT2D eigenvalue weighted by Crippen LogP contribution is -2.33. The summed E-state index contributed by atoms with van der Waals surface area (Å²) < 4.78 is 0. The standard InChI is InChI=1S/C17H19ClN2O/c1-17(2)8-7-11(10-17)19-16(21)13-9-15(18)20-14-6-4-3-5-12(13)14/h3-6,9,11H,7-8,10H2,1-2H3,(H,19,21). The predicted octanol–water partition coefficient (Wildman–Crippen LogP) is 4.20. The second kappa shape index (κ2) is 5.30. The number of nitrogens with zero attached hydrogens (tertiary/aromatic N) is 1. The quantitative estimate of drug-likeness (QED) is 0.845. The number of halogens is 1. The van der Waals surface area contributed by atoms with Gasteiger partial charge in [-0.2, -0.15) is 0 Å². The SMILES string of the molecule is CC1(C)CCC(NC(=O)c2cc(Cl)nc3ccccc23)C1. The number of carbonyl (C=O) groups is 1. The molecule has 1 heterocycles. The second-order valence-electron chi connectivity index (χ2n) is 6.59. The molecule has 3 rings (SSSR count). The minimum Gasteiger partial charge on any atom is -0.349 e. The minimum atomic E-state index is -0.0572. The Morgan fingerprint density at radius 3 is 2.86 bits per heavy atom. The fraction of sp³-hybridized carbons (Fsp3) is 0.412. The highest BCUT2D eigenvalue weighted by Gasteiger charge is 2.32. The van der Waals surface area contributed by atoms with Crippen molar-refractivity contribution in [2.24, 2.45) is 5.41 Å². The number of hydrogen-bond donors (Lipinski definition) is 1. The van der Waals surface area contributed by atoms with E-state index in [1.165, 1.54) is 0 Å². The Labute approximate surface area is 129 Å². The van der Waals surface area contributed by atoms with Crippen LogP contribution in [0.25, 0.3) is 10.9 Å². The van der Waals surface area contributed by atoms with E-state index in [2.05, 4.69) is 24.1 Å². The monoisotopic (exact) mass is 302 g/mol. The first-order chi connectivity index (χ1) is 9.94. The largest absolute Gasteiger partial charge is 0.349 e. The fourth-order valence-electron chi connectivity index (χ4n) is 3.15. The number of amides is 1. The van der Waals surface area contributed by atoms with Gasteiger partial charge >= 0.3 is 0 Å². The van der Waals surface area contributed by atoms with Gasteiger partial charge in [-0.1, -0.05) is 43.6 Å². The van der Waals surface area contributed by atoms with Crippen molar-refractivity contribution in [3.05, 3.63) is 41.0 Å². The first-order valence-corrected chi connectivity index (χ1v) is 7.69. The summed E-state index contributed by atoms with van der Waals surface area (Å²) in [6, 6.07) is 9.49. The van der Waals surface area contributed by atoms with Crippen LogP contribution in [0.4, 0.5) is 0 Å². The van der Waals surface area contributed by atoms with Crippen LogP contribution in [0.1, 0.15) is 43.5 Å². The third-order valence-corrected chi connectivity index (χ3v) is 4.43. The van der Waals surface area contributed by atoms with E-state index in [0.717, 1.165) is 30.2 Å². The maximum atomic E-state index is 12.6. The lowest BCUT2D eigenvalue weighted by molar-refractivity contribution is 0.0937. The molecule has 1 unspecified atom stereocenters. The molecule has 2 aromatic rings. The molecule has 3 nitrogen and oxygen atoms in total. The molecule has 0 spiro atoms. The molecule has 0 saturated heterocycles. The van der Waals surface area contributed by atoms with Crippen LogP contribution in [0.5, 0.6) is 0 Å². The molecule has 1 N–H and O–H groups in total. The Morgan fingerprint density at radius 2 is 2.14 bits per heavy atom. The number of para-hydroxylation sites is 1. The van der Waals surface area contributed by atoms with E-state index in [4.69, 9.17) is 11.6 Å². The molecule has 1 amide bonds. The van der Waals surface area contributed by atoms with Crippen LogP contribution >= 0.6 is 11.6 Å². The van der Waals surface area contributed by atoms with E-state index in [0.29, 0.717) is 16.1 Å². The summed E-state index contributed by atoms with van der Waals surface area (Å²) in [5.74, 6) is -0.0572. The summed E-state index contributed by atoms with van der Waals surface area (Å²) >= 11 is 6.04. The third-order valence-electron chi connectivity index (χ3n) is 4.23. The predicted molar refractivity (Wildman–Crippen MR) is 85.6 cm³/mol. The van der Waals surface area contributed by atoms with Crippen LogP contribution in [0, 0.1) is 5.41 Å². The molecule has 1 fully saturated rings. The molecule has 1 aromatic heterocycles. The summed E-state index contributed by atoms with van der Waals surface area (Å²) in [4.78, 5) is 16.8. The Morgan fingerprint density at radius 1 is 1.38 bits per heavy atom. The summed E-state index contributed by atoms with van der Waals surface area (Å²) in [6.07, 6.45) is 3.21. The van der Waals surface area contributed by atoms with Gasteiger partial charge in [-0.25, -0.2) is 4.98 Å². The molecular formula is C17H19ClN2O. The van der Waals surface area contributed by atoms with Crippen molar-refractivity contribution >= 4 is 28.4 Å². The van der Waals surface area contributed by atoms with Gasteiger partial charge in [0.2, 0.25) is 0 Å². The fourth-order valence-corrected chi connectivity index (χ4v) is 3.35. The number of rotatable bonds is 2. The van der Waals surface area contributed by atoms with Gasteiger partial charge in [0.15, 0.2) is 0 Å². The van der Waals surface area contributed by atoms with Crippen LogP contribution < -0.4 is 5.32 Å². The lowest BCUT2D eigenvalue weighted by atomic mass is 9.92. The summed E-state index contributed by atoms with van der Waals surface area (Å²) in [5, 5.41) is 4.34. The zero-order valence-corrected chi connectivity index (χ0v) is 13.1. The van der Waals surface area contributed by atoms with Crippen molar-refractivity contribution in [1.29, 1.82) is 0 Å². The van der Waals surface area contributed by atoms with Crippen molar-refractivity contribution in [2.45, 2.75) is 39.2 Å². The molecule has 1 atom stereocenters. The van der Waals surface area contributed by atoms with Crippen molar-refractivity contribution < 1.29 is 4.79 Å². The van der Waals surface area contributed by atoms with Crippen LogP contribution in [-0.4, -0.2) is 16.9 Å². The Bertz CT molecular complexity index is 696. The van der Waals surface area contributed by atoms with Crippen LogP contribution in [0.3, 0.4) is 0 Å². The summed E-state index contributed by atoms with van der Waals surface area (Å²) in [6.45, 7) is 4.50. The number of hydrogen-bond acceptors (Lipinski definition) is 2. The molecule has 1 aliphatic rings. The molecule has 1 aliphatic carbocycles. The van der Waals surface area contributed by atoms with Gasteiger partial charge in [-0.05, 0) is 36.8 Å². The van der Waals surface area contributed by atoms with Crippen LogP contribution in [0.15, 0.2) is 30.3 Å². The minimum absolute atomic E-state index is 0.0572. The smallest absolute Gasteiger partial charge is 0.252 e. The molecule has 0 radical (unpaired) electrons. The Kier molecular flexibility index (Phi) is 3.62. The van der Waals surface area contributed by atoms with Gasteiger partial charge in [0.1, 0.15) is 5.15 Å². The Hall–Kier alpha value is -1.61. The average molecular weight is 303 g/mol. The lowest BCUT2D eigenvalue weighted by Gasteiger charge is -2.18. The van der Waals surface area contributed by atoms with Gasteiger partial charge in [-0.15, -0.1) is 0 Å². The second-order valence-corrected chi connectivity index (χ2v) is 6.97. The number of aromatic nitrogens is 1. The van der Waals surface area contributed by atoms with E-state index < -0.39 is 0 Å². The number of pyridine rings is 1. The van der Waals surface area contributed by atoms with E-state index >= 15 is 0 Å². The maximum absolute atomic E-state index is 12.6.